The number of nitrogens with two attached hydrogens (primary N) is 1. The fourth-order valence-electron chi connectivity index (χ4n) is 3.07. The van der Waals surface area contributed by atoms with Gasteiger partial charge < -0.3 is 15.2 Å². The van der Waals surface area contributed by atoms with Crippen molar-refractivity contribution >= 4 is 0 Å². The number of rotatable bonds is 5. The molecule has 1 heterocycles. The molecule has 0 saturated carbocycles. The van der Waals surface area contributed by atoms with Gasteiger partial charge in [-0.05, 0) is 68.2 Å². The van der Waals surface area contributed by atoms with Gasteiger partial charge in [0, 0.05) is 12.6 Å². The molecule has 3 rings (SSSR count). The second kappa shape index (κ2) is 7.69. The second-order valence-corrected chi connectivity index (χ2v) is 6.52. The monoisotopic (exact) mass is 326 g/mol. The van der Waals surface area contributed by atoms with Crippen LogP contribution in [0, 0.1) is 6.92 Å². The Kier molecular flexibility index (Phi) is 5.38. The fraction of sp³-hybridized carbons (Fsp3) is 0.400. The molecule has 0 spiro atoms. The van der Waals surface area contributed by atoms with Crippen molar-refractivity contribution in [3.8, 4) is 17.2 Å². The molecule has 0 aliphatic carbocycles. The van der Waals surface area contributed by atoms with E-state index in [9.17, 15) is 0 Å². The number of aryl methyl sites for hydroxylation is 1. The molecule has 0 amide bonds. The lowest BCUT2D eigenvalue weighted by molar-refractivity contribution is 0.205. The van der Waals surface area contributed by atoms with Crippen LogP contribution in [0.4, 0.5) is 0 Å². The number of ether oxygens (including phenoxy) is 2. The van der Waals surface area contributed by atoms with Crippen molar-refractivity contribution in [2.45, 2.75) is 32.4 Å². The zero-order valence-electron chi connectivity index (χ0n) is 14.5. The number of piperidine rings is 1. The lowest BCUT2D eigenvalue weighted by Gasteiger charge is -2.30. The largest absolute Gasteiger partial charge is 0.493 e. The standard InChI is InChI=1S/C20H26N2O2/c1-15-6-7-19(23-2)20(12-15)24-18-5-3-4-16(13-18)14-22-10-8-17(21)9-11-22/h3-7,12-13,17H,8-11,14,21H2,1-2H3. The first-order valence-corrected chi connectivity index (χ1v) is 8.53. The Morgan fingerprint density at radius 2 is 1.88 bits per heavy atom. The summed E-state index contributed by atoms with van der Waals surface area (Å²) in [5.41, 5.74) is 8.39. The molecule has 0 atom stereocenters. The van der Waals surface area contributed by atoms with Crippen molar-refractivity contribution in [3.05, 3.63) is 53.6 Å². The molecule has 2 aromatic rings. The predicted octanol–water partition coefficient (Wildman–Crippen LogP) is 3.72. The van der Waals surface area contributed by atoms with Gasteiger partial charge in [-0.25, -0.2) is 0 Å². The molecule has 0 unspecified atom stereocenters. The third-order valence-electron chi connectivity index (χ3n) is 4.48. The maximum atomic E-state index is 6.06. The highest BCUT2D eigenvalue weighted by molar-refractivity contribution is 5.45. The number of methoxy groups -OCH3 is 1. The van der Waals surface area contributed by atoms with E-state index in [0.717, 1.165) is 55.3 Å². The molecule has 0 aromatic heterocycles. The molecule has 2 N–H and O–H groups in total. The summed E-state index contributed by atoms with van der Waals surface area (Å²) in [4.78, 5) is 2.45. The van der Waals surface area contributed by atoms with Gasteiger partial charge in [-0.2, -0.15) is 0 Å². The zero-order chi connectivity index (χ0) is 16.9. The van der Waals surface area contributed by atoms with Crippen molar-refractivity contribution in [1.82, 2.24) is 4.90 Å². The maximum absolute atomic E-state index is 6.06. The van der Waals surface area contributed by atoms with Gasteiger partial charge in [0.1, 0.15) is 5.75 Å². The van der Waals surface area contributed by atoms with Gasteiger partial charge in [0.15, 0.2) is 11.5 Å². The van der Waals surface area contributed by atoms with Crippen molar-refractivity contribution in [2.75, 3.05) is 20.2 Å². The average molecular weight is 326 g/mol. The lowest BCUT2D eigenvalue weighted by Crippen LogP contribution is -2.39. The van der Waals surface area contributed by atoms with E-state index in [0.29, 0.717) is 6.04 Å². The minimum Gasteiger partial charge on any atom is -0.493 e. The van der Waals surface area contributed by atoms with Gasteiger partial charge >= 0.3 is 0 Å². The van der Waals surface area contributed by atoms with Gasteiger partial charge in [0.05, 0.1) is 7.11 Å². The van der Waals surface area contributed by atoms with E-state index in [-0.39, 0.29) is 0 Å². The Labute approximate surface area is 144 Å². The molecule has 1 fully saturated rings. The third kappa shape index (κ3) is 4.28. The Bertz CT molecular complexity index is 679. The highest BCUT2D eigenvalue weighted by atomic mass is 16.5. The smallest absolute Gasteiger partial charge is 0.169 e. The van der Waals surface area contributed by atoms with E-state index in [1.807, 2.05) is 37.3 Å². The normalized spacial score (nSPS) is 16.1. The molecule has 0 bridgehead atoms. The van der Waals surface area contributed by atoms with E-state index < -0.39 is 0 Å². The number of benzene rings is 2. The Morgan fingerprint density at radius 3 is 2.62 bits per heavy atom. The van der Waals surface area contributed by atoms with Gasteiger partial charge in [-0.1, -0.05) is 18.2 Å². The van der Waals surface area contributed by atoms with Crippen molar-refractivity contribution < 1.29 is 9.47 Å². The van der Waals surface area contributed by atoms with Crippen LogP contribution in [-0.4, -0.2) is 31.1 Å². The summed E-state index contributed by atoms with van der Waals surface area (Å²) in [5.74, 6) is 2.33. The number of nitrogens with zero attached hydrogens (tertiary/aromatic N) is 1. The highest BCUT2D eigenvalue weighted by Crippen LogP contribution is 2.32. The summed E-state index contributed by atoms with van der Waals surface area (Å²) >= 11 is 0. The van der Waals surface area contributed by atoms with E-state index in [1.54, 1.807) is 7.11 Å². The van der Waals surface area contributed by atoms with Crippen LogP contribution in [-0.2, 0) is 6.54 Å². The highest BCUT2D eigenvalue weighted by Gasteiger charge is 2.16. The van der Waals surface area contributed by atoms with Crippen molar-refractivity contribution in [3.63, 3.8) is 0 Å². The predicted molar refractivity (Wildman–Crippen MR) is 96.7 cm³/mol. The maximum Gasteiger partial charge on any atom is 0.169 e. The Hall–Kier alpha value is -2.04. The minimum atomic E-state index is 0.365. The van der Waals surface area contributed by atoms with E-state index >= 15 is 0 Å². The van der Waals surface area contributed by atoms with Gasteiger partial charge in [-0.15, -0.1) is 0 Å². The third-order valence-corrected chi connectivity index (χ3v) is 4.48. The van der Waals surface area contributed by atoms with Gasteiger partial charge in [0.2, 0.25) is 0 Å². The zero-order valence-corrected chi connectivity index (χ0v) is 14.5. The minimum absolute atomic E-state index is 0.365. The molecule has 2 aromatic carbocycles. The molecular formula is C20H26N2O2. The topological polar surface area (TPSA) is 47.7 Å². The number of hydrogen-bond acceptors (Lipinski definition) is 4. The molecule has 24 heavy (non-hydrogen) atoms. The fourth-order valence-corrected chi connectivity index (χ4v) is 3.07. The van der Waals surface area contributed by atoms with Crippen LogP contribution in [0.25, 0.3) is 0 Å². The summed E-state index contributed by atoms with van der Waals surface area (Å²) in [7, 11) is 1.66. The molecule has 1 saturated heterocycles. The summed E-state index contributed by atoms with van der Waals surface area (Å²) in [6.07, 6.45) is 2.16. The molecule has 1 aliphatic rings. The molecule has 4 nitrogen and oxygen atoms in total. The molecule has 4 heteroatoms. The summed E-state index contributed by atoms with van der Waals surface area (Å²) < 4.78 is 11.5. The summed E-state index contributed by atoms with van der Waals surface area (Å²) in [6, 6.07) is 14.6. The van der Waals surface area contributed by atoms with Crippen LogP contribution in [0.15, 0.2) is 42.5 Å². The SMILES string of the molecule is COc1ccc(C)cc1Oc1cccc(CN2CCC(N)CC2)c1. The Morgan fingerprint density at radius 1 is 1.08 bits per heavy atom. The quantitative estimate of drug-likeness (QED) is 0.910. The van der Waals surface area contributed by atoms with E-state index in [2.05, 4.69) is 17.0 Å². The van der Waals surface area contributed by atoms with Crippen LogP contribution in [0.3, 0.4) is 0 Å². The Balaban J connectivity index is 1.70. The van der Waals surface area contributed by atoms with Crippen LogP contribution in [0.2, 0.25) is 0 Å². The molecule has 0 radical (unpaired) electrons. The van der Waals surface area contributed by atoms with Gasteiger partial charge in [0.25, 0.3) is 0 Å². The van der Waals surface area contributed by atoms with Crippen molar-refractivity contribution in [1.29, 1.82) is 0 Å². The van der Waals surface area contributed by atoms with E-state index in [4.69, 9.17) is 15.2 Å². The molecular weight excluding hydrogens is 300 g/mol. The average Bonchev–Trinajstić information content (AvgIpc) is 2.58. The molecule has 128 valence electrons. The summed E-state index contributed by atoms with van der Waals surface area (Å²) in [5, 5.41) is 0. The lowest BCUT2D eigenvalue weighted by atomic mass is 10.1. The molecule has 1 aliphatic heterocycles. The van der Waals surface area contributed by atoms with Gasteiger partial charge in [-0.3, -0.25) is 4.90 Å². The number of hydrogen-bond donors (Lipinski definition) is 1. The van der Waals surface area contributed by atoms with Crippen molar-refractivity contribution in [2.24, 2.45) is 5.73 Å². The van der Waals surface area contributed by atoms with Crippen LogP contribution < -0.4 is 15.2 Å². The first kappa shape index (κ1) is 16.8. The van der Waals surface area contributed by atoms with Crippen LogP contribution in [0.1, 0.15) is 24.0 Å². The van der Waals surface area contributed by atoms with Crippen LogP contribution in [0.5, 0.6) is 17.2 Å². The first-order chi connectivity index (χ1) is 11.6. The second-order valence-electron chi connectivity index (χ2n) is 6.52. The number of likely N-dealkylation sites (tertiary alicyclic amines) is 1. The van der Waals surface area contributed by atoms with E-state index in [1.165, 1.54) is 5.56 Å². The first-order valence-electron chi connectivity index (χ1n) is 8.53. The summed E-state index contributed by atoms with van der Waals surface area (Å²) in [6.45, 7) is 5.12. The van der Waals surface area contributed by atoms with Crippen LogP contribution >= 0.6 is 0 Å².